The lowest BCUT2D eigenvalue weighted by Crippen LogP contribution is -2.40. The summed E-state index contributed by atoms with van der Waals surface area (Å²) in [7, 11) is 3.10. The number of methoxy groups -OCH3 is 2. The molecule has 0 radical (unpaired) electrons. The Hall–Kier alpha value is -3.69. The van der Waals surface area contributed by atoms with E-state index < -0.39 is 12.0 Å². The molecule has 0 fully saturated rings. The van der Waals surface area contributed by atoms with Crippen LogP contribution in [-0.2, 0) is 14.3 Å². The van der Waals surface area contributed by atoms with Crippen LogP contribution >= 0.6 is 11.3 Å². The quantitative estimate of drug-likeness (QED) is 0.254. The highest BCUT2D eigenvalue weighted by molar-refractivity contribution is 7.07. The zero-order chi connectivity index (χ0) is 28.8. The molecule has 212 valence electrons. The van der Waals surface area contributed by atoms with Crippen LogP contribution in [0.3, 0.4) is 0 Å². The summed E-state index contributed by atoms with van der Waals surface area (Å²) in [6.07, 6.45) is 2.64. The first-order valence-electron chi connectivity index (χ1n) is 13.4. The maximum absolute atomic E-state index is 14.0. The van der Waals surface area contributed by atoms with Crippen LogP contribution in [0.1, 0.15) is 62.8 Å². The van der Waals surface area contributed by atoms with E-state index >= 15 is 0 Å². The molecule has 0 saturated carbocycles. The topological polar surface area (TPSA) is 88.4 Å². The first-order chi connectivity index (χ1) is 19.3. The molecule has 1 aromatic heterocycles. The van der Waals surface area contributed by atoms with Gasteiger partial charge in [0.05, 0.1) is 36.1 Å². The van der Waals surface area contributed by atoms with Gasteiger partial charge < -0.3 is 18.9 Å². The lowest BCUT2D eigenvalue weighted by atomic mass is 9.94. The third-order valence-electron chi connectivity index (χ3n) is 6.64. The summed E-state index contributed by atoms with van der Waals surface area (Å²) < 4.78 is 24.4. The Morgan fingerprint density at radius 3 is 2.50 bits per heavy atom. The van der Waals surface area contributed by atoms with Gasteiger partial charge in [0.15, 0.2) is 16.3 Å². The molecule has 0 aliphatic carbocycles. The molecule has 0 N–H and O–H groups in total. The van der Waals surface area contributed by atoms with E-state index in [2.05, 4.69) is 31.0 Å². The van der Waals surface area contributed by atoms with Crippen LogP contribution in [0.5, 0.6) is 11.5 Å². The molecule has 8 nitrogen and oxygen atoms in total. The predicted molar refractivity (Wildman–Crippen MR) is 156 cm³/mol. The van der Waals surface area contributed by atoms with Gasteiger partial charge in [-0.25, -0.2) is 9.79 Å². The van der Waals surface area contributed by atoms with Crippen molar-refractivity contribution in [3.8, 4) is 11.5 Å². The monoisotopic (exact) mass is 564 g/mol. The third-order valence-corrected chi connectivity index (χ3v) is 7.62. The second-order valence-electron chi connectivity index (χ2n) is 9.76. The molecule has 1 atom stereocenters. The van der Waals surface area contributed by atoms with Gasteiger partial charge in [-0.15, -0.1) is 0 Å². The molecule has 40 heavy (non-hydrogen) atoms. The molecule has 0 amide bonds. The van der Waals surface area contributed by atoms with Gasteiger partial charge in [-0.3, -0.25) is 9.36 Å². The Balaban J connectivity index is 1.93. The maximum Gasteiger partial charge on any atom is 0.338 e. The van der Waals surface area contributed by atoms with Crippen LogP contribution in [-0.4, -0.2) is 44.6 Å². The number of thiazole rings is 1. The number of nitrogens with zero attached hydrogens (tertiary/aromatic N) is 2. The van der Waals surface area contributed by atoms with Crippen molar-refractivity contribution in [1.82, 2.24) is 4.57 Å². The normalized spacial score (nSPS) is 15.2. The standard InChI is InChI=1S/C31H36N2O6S/c1-7-15-38-28-23(9-8-10-24(28)37-6)27-26(30(35)39-17-16-36-5)20(4)32-31-33(27)29(34)25(40-31)18-21-11-13-22(14-12-21)19(2)3/h8-14,18-19,27H,7,15-17H2,1-6H3/b25-18+/t27-/m0/s1. The Morgan fingerprint density at radius 2 is 1.85 bits per heavy atom. The molecule has 2 aromatic carbocycles. The summed E-state index contributed by atoms with van der Waals surface area (Å²) in [4.78, 5) is 32.7. The van der Waals surface area contributed by atoms with E-state index in [0.29, 0.717) is 44.6 Å². The molecule has 2 heterocycles. The summed E-state index contributed by atoms with van der Waals surface area (Å²) in [5.74, 6) is 0.843. The fourth-order valence-corrected chi connectivity index (χ4v) is 5.61. The highest BCUT2D eigenvalue weighted by Crippen LogP contribution is 2.40. The van der Waals surface area contributed by atoms with Gasteiger partial charge in [0.2, 0.25) is 0 Å². The van der Waals surface area contributed by atoms with Crippen molar-refractivity contribution < 1.29 is 23.7 Å². The van der Waals surface area contributed by atoms with Crippen LogP contribution in [0, 0.1) is 0 Å². The number of hydrogen-bond donors (Lipinski definition) is 0. The molecule has 0 bridgehead atoms. The highest BCUT2D eigenvalue weighted by atomic mass is 32.1. The Kier molecular flexibility index (Phi) is 9.60. The largest absolute Gasteiger partial charge is 0.493 e. The minimum absolute atomic E-state index is 0.0763. The molecule has 9 heteroatoms. The Bertz CT molecular complexity index is 1570. The number of allylic oxidation sites excluding steroid dienone is 1. The first kappa shape index (κ1) is 29.3. The SMILES string of the molecule is CCCOc1c(OC)cccc1[C@H]1C(C(=O)OCCOC)=C(C)N=c2s/c(=C/c3ccc(C(C)C)cc3)c(=O)n21. The predicted octanol–water partition coefficient (Wildman–Crippen LogP) is 4.35. The molecule has 4 rings (SSSR count). The molecule has 0 spiro atoms. The number of para-hydroxylation sites is 1. The average Bonchev–Trinajstić information content (AvgIpc) is 3.25. The van der Waals surface area contributed by atoms with Gasteiger partial charge in [0.1, 0.15) is 12.6 Å². The van der Waals surface area contributed by atoms with E-state index in [-0.39, 0.29) is 24.3 Å². The van der Waals surface area contributed by atoms with Gasteiger partial charge in [-0.05, 0) is 42.5 Å². The van der Waals surface area contributed by atoms with Gasteiger partial charge >= 0.3 is 5.97 Å². The number of fused-ring (bicyclic) bond motifs is 1. The van der Waals surface area contributed by atoms with Crippen molar-refractivity contribution in [3.63, 3.8) is 0 Å². The number of carbonyl (C=O) groups excluding carboxylic acids is 1. The minimum Gasteiger partial charge on any atom is -0.493 e. The van der Waals surface area contributed by atoms with Crippen molar-refractivity contribution in [2.75, 3.05) is 34.0 Å². The third kappa shape index (κ3) is 6.05. The average molecular weight is 565 g/mol. The second-order valence-corrected chi connectivity index (χ2v) is 10.8. The van der Waals surface area contributed by atoms with Gasteiger partial charge in [-0.2, -0.15) is 0 Å². The van der Waals surface area contributed by atoms with Crippen LogP contribution in [0.4, 0.5) is 0 Å². The summed E-state index contributed by atoms with van der Waals surface area (Å²) in [6.45, 7) is 8.82. The molecule has 1 aliphatic rings. The fraction of sp³-hybridized carbons (Fsp3) is 0.387. The van der Waals surface area contributed by atoms with E-state index in [1.165, 1.54) is 24.0 Å². The number of carbonyl (C=O) groups is 1. The van der Waals surface area contributed by atoms with Crippen molar-refractivity contribution in [2.24, 2.45) is 4.99 Å². The highest BCUT2D eigenvalue weighted by Gasteiger charge is 2.36. The van der Waals surface area contributed by atoms with Crippen LogP contribution in [0.25, 0.3) is 6.08 Å². The number of aromatic nitrogens is 1. The van der Waals surface area contributed by atoms with Gasteiger partial charge in [0.25, 0.3) is 5.56 Å². The maximum atomic E-state index is 14.0. The van der Waals surface area contributed by atoms with Gasteiger partial charge in [0, 0.05) is 12.7 Å². The first-order valence-corrected chi connectivity index (χ1v) is 14.2. The van der Waals surface area contributed by atoms with Crippen molar-refractivity contribution >= 4 is 23.4 Å². The Morgan fingerprint density at radius 1 is 1.10 bits per heavy atom. The van der Waals surface area contributed by atoms with E-state index in [4.69, 9.17) is 18.9 Å². The fourth-order valence-electron chi connectivity index (χ4n) is 4.57. The molecule has 0 saturated heterocycles. The van der Waals surface area contributed by atoms with Crippen LogP contribution in [0.2, 0.25) is 0 Å². The summed E-state index contributed by atoms with van der Waals surface area (Å²) in [6, 6.07) is 12.8. The van der Waals surface area contributed by atoms with Crippen molar-refractivity contribution in [2.45, 2.75) is 46.1 Å². The number of benzene rings is 2. The van der Waals surface area contributed by atoms with Crippen molar-refractivity contribution in [3.05, 3.63) is 90.1 Å². The van der Waals surface area contributed by atoms with Crippen LogP contribution in [0.15, 0.2) is 63.5 Å². The number of esters is 1. The number of hydrogen-bond acceptors (Lipinski definition) is 8. The minimum atomic E-state index is -0.821. The van der Waals surface area contributed by atoms with E-state index in [9.17, 15) is 9.59 Å². The molecule has 0 unspecified atom stereocenters. The second kappa shape index (κ2) is 13.1. The molecular weight excluding hydrogens is 528 g/mol. The molecule has 3 aromatic rings. The molecular formula is C31H36N2O6S. The molecule has 1 aliphatic heterocycles. The van der Waals surface area contributed by atoms with E-state index in [1.54, 1.807) is 24.7 Å². The van der Waals surface area contributed by atoms with Crippen molar-refractivity contribution in [1.29, 1.82) is 0 Å². The number of rotatable bonds is 11. The van der Waals surface area contributed by atoms with Crippen LogP contribution < -0.4 is 24.4 Å². The summed E-state index contributed by atoms with van der Waals surface area (Å²) in [5, 5.41) is 0. The summed E-state index contributed by atoms with van der Waals surface area (Å²) >= 11 is 1.29. The van der Waals surface area contributed by atoms with E-state index in [0.717, 1.165) is 12.0 Å². The Labute approximate surface area is 238 Å². The zero-order valence-electron chi connectivity index (χ0n) is 23.9. The lowest BCUT2D eigenvalue weighted by molar-refractivity contribution is -0.140. The summed E-state index contributed by atoms with van der Waals surface area (Å²) in [5.41, 5.74) is 3.25. The van der Waals surface area contributed by atoms with E-state index in [1.807, 2.05) is 37.3 Å². The zero-order valence-corrected chi connectivity index (χ0v) is 24.7. The van der Waals surface area contributed by atoms with Gasteiger partial charge in [-0.1, -0.05) is 68.5 Å². The smallest absolute Gasteiger partial charge is 0.338 e. The lowest BCUT2D eigenvalue weighted by Gasteiger charge is -2.27. The number of ether oxygens (including phenoxy) is 4.